The number of aryl methyl sites for hydroxylation is 1. The smallest absolute Gasteiger partial charge is 0.497 e. The van der Waals surface area contributed by atoms with Crippen LogP contribution in [0.15, 0.2) is 231 Å². The highest BCUT2D eigenvalue weighted by atomic mass is 35.5. The summed E-state index contributed by atoms with van der Waals surface area (Å²) < 4.78 is 97.6. The highest BCUT2D eigenvalue weighted by Crippen LogP contribution is 2.58. The number of ether oxygens (including phenoxy) is 6. The molecule has 4 unspecified atom stereocenters. The number of benzene rings is 6. The fourth-order valence-corrected chi connectivity index (χ4v) is 19.0. The lowest BCUT2D eigenvalue weighted by atomic mass is 9.77. The van der Waals surface area contributed by atoms with Crippen LogP contribution in [0.5, 0.6) is 17.2 Å². The molecule has 1 aliphatic carbocycles. The number of H-pyrrole nitrogens is 1. The fourth-order valence-electron chi connectivity index (χ4n) is 15.4. The molecule has 2 amide bonds. The normalized spacial score (nSPS) is 21.0. The van der Waals surface area contributed by atoms with Gasteiger partial charge in [0, 0.05) is 71.4 Å². The summed E-state index contributed by atoms with van der Waals surface area (Å²) in [6.45, 7) is 10.6. The van der Waals surface area contributed by atoms with Crippen molar-refractivity contribution in [3.63, 3.8) is 0 Å². The Balaban J connectivity index is 0.877. The van der Waals surface area contributed by atoms with E-state index in [1.54, 1.807) is 91.6 Å². The third-order valence-corrected chi connectivity index (χ3v) is 25.4. The molecule has 3 saturated heterocycles. The number of hydrogen-bond acceptors (Lipinski definition) is 23. The Bertz CT molecular complexity index is 5550. The average molecular weight is 1680 g/mol. The summed E-state index contributed by atoms with van der Waals surface area (Å²) in [6.07, 6.45) is -2.90. The molecule has 7 heterocycles. The summed E-state index contributed by atoms with van der Waals surface area (Å²) in [5.74, 6) is -0.397. The monoisotopic (exact) mass is 1680 g/mol. The number of fused-ring (bicyclic) bond motifs is 1. The SMILES string of the molecule is COc1ccc(C(OC[C@@H]2O[C@@H](n3ccc(NC(=O)c4ccccc4)nc3=O)C[C@H]2C2=C([C@H]3O[C@@H](n4cc(C)c(=O)[nH]c4=O)C[C@@H]3OP(=O)(OC[C@H]3OC(n4cnc5c(NC(=O)c6ccccc6)ncnc54)CC3OP(OCCC#N)N(C(C)C)C(C)C)Oc3ccccc3Cl)C(C)=C(Cl)CC2)(c2ccccc2)c2ccc(OC)cc2)cc1. The summed E-state index contributed by atoms with van der Waals surface area (Å²) in [6, 6.07) is 51.7. The molecule has 118 heavy (non-hydrogen) atoms. The number of halogens is 2. The van der Waals surface area contributed by atoms with Gasteiger partial charge in [-0.2, -0.15) is 10.2 Å². The molecule has 0 radical (unpaired) electrons. The van der Waals surface area contributed by atoms with Gasteiger partial charge in [0.05, 0.1) is 70.1 Å². The average Bonchev–Trinajstić information content (AvgIpc) is 1.56. The number of nitrogens with one attached hydrogen (secondary N) is 3. The molecule has 0 spiro atoms. The molecule has 4 aromatic heterocycles. The number of para-hydroxylation sites is 1. The lowest BCUT2D eigenvalue weighted by Crippen LogP contribution is -2.38. The van der Waals surface area contributed by atoms with E-state index in [-0.39, 0.29) is 96.5 Å². The molecule has 4 aliphatic rings. The van der Waals surface area contributed by atoms with E-state index in [0.29, 0.717) is 50.8 Å². The van der Waals surface area contributed by atoms with Crippen LogP contribution < -0.4 is 41.6 Å². The third kappa shape index (κ3) is 18.4. The van der Waals surface area contributed by atoms with E-state index in [9.17, 15) is 29.2 Å². The van der Waals surface area contributed by atoms with Gasteiger partial charge in [0.2, 0.25) is 0 Å². The van der Waals surface area contributed by atoms with Gasteiger partial charge in [-0.3, -0.25) is 42.1 Å². The van der Waals surface area contributed by atoms with E-state index in [4.69, 9.17) is 74.2 Å². The molecule has 614 valence electrons. The van der Waals surface area contributed by atoms with Crippen molar-refractivity contribution in [2.45, 2.75) is 147 Å². The number of carbonyl (C=O) groups excluding carboxylic acids is 2. The number of amides is 2. The van der Waals surface area contributed by atoms with Crippen LogP contribution in [0.25, 0.3) is 11.2 Å². The first-order chi connectivity index (χ1) is 57.0. The number of nitriles is 1. The van der Waals surface area contributed by atoms with Crippen molar-refractivity contribution < 1.29 is 65.2 Å². The quantitative estimate of drug-likeness (QED) is 0.0200. The molecule has 0 bridgehead atoms. The number of rotatable bonds is 32. The number of aromatic amines is 1. The highest BCUT2D eigenvalue weighted by Gasteiger charge is 2.52. The van der Waals surface area contributed by atoms with Gasteiger partial charge >= 0.3 is 19.2 Å². The van der Waals surface area contributed by atoms with E-state index >= 15 is 4.57 Å². The summed E-state index contributed by atoms with van der Waals surface area (Å²) in [5.41, 5.74) is 1.73. The van der Waals surface area contributed by atoms with Gasteiger partial charge in [-0.05, 0) is 149 Å². The largest absolute Gasteiger partial charge is 0.530 e. The van der Waals surface area contributed by atoms with Gasteiger partial charge in [0.15, 0.2) is 17.0 Å². The molecule has 10 aromatic rings. The van der Waals surface area contributed by atoms with E-state index in [1.807, 2.05) is 113 Å². The maximum Gasteiger partial charge on any atom is 0.530 e. The Hall–Kier alpha value is -10.4. The topological polar surface area (TPSA) is 337 Å². The van der Waals surface area contributed by atoms with Crippen LogP contribution in [0.4, 0.5) is 11.6 Å². The van der Waals surface area contributed by atoms with E-state index in [0.717, 1.165) is 16.7 Å². The first-order valence-corrected chi connectivity index (χ1v) is 41.9. The van der Waals surface area contributed by atoms with Gasteiger partial charge in [0.25, 0.3) is 25.9 Å². The molecule has 6 aromatic carbocycles. The Morgan fingerprint density at radius 3 is 1.94 bits per heavy atom. The van der Waals surface area contributed by atoms with Crippen LogP contribution in [0.2, 0.25) is 5.02 Å². The number of imidazole rings is 1. The number of allylic oxidation sites excluding steroid dienone is 1. The second kappa shape index (κ2) is 37.3. The molecular weight excluding hydrogens is 1590 g/mol. The number of hydrogen-bond donors (Lipinski definition) is 3. The number of phosphoric ester groups is 1. The molecule has 3 aliphatic heterocycles. The number of nitrogens with zero attached hydrogens (tertiary/aromatic N) is 9. The van der Waals surface area contributed by atoms with Gasteiger partial charge in [-0.15, -0.1) is 0 Å². The molecule has 3 N–H and O–H groups in total. The summed E-state index contributed by atoms with van der Waals surface area (Å²) in [4.78, 5) is 89.8. The van der Waals surface area contributed by atoms with Crippen LogP contribution in [-0.4, -0.2) is 132 Å². The maximum absolute atomic E-state index is 16.8. The van der Waals surface area contributed by atoms with Crippen LogP contribution in [0.1, 0.15) is 135 Å². The van der Waals surface area contributed by atoms with Gasteiger partial charge < -0.3 is 52.6 Å². The summed E-state index contributed by atoms with van der Waals surface area (Å²) in [7, 11) is -4.02. The minimum Gasteiger partial charge on any atom is -0.497 e. The Morgan fingerprint density at radius 2 is 1.31 bits per heavy atom. The second-order valence-corrected chi connectivity index (χ2v) is 33.0. The zero-order valence-electron chi connectivity index (χ0n) is 65.8. The number of phosphoric acid groups is 1. The molecule has 14 rings (SSSR count). The zero-order valence-corrected chi connectivity index (χ0v) is 69.1. The molecule has 29 nitrogen and oxygen atoms in total. The molecule has 33 heteroatoms. The second-order valence-electron chi connectivity index (χ2n) is 29.1. The van der Waals surface area contributed by atoms with Crippen molar-refractivity contribution in [1.82, 2.24) is 43.3 Å². The van der Waals surface area contributed by atoms with E-state index in [2.05, 4.69) is 46.3 Å². The third-order valence-electron chi connectivity index (χ3n) is 21.0. The van der Waals surface area contributed by atoms with Crippen molar-refractivity contribution in [1.29, 1.82) is 5.26 Å². The van der Waals surface area contributed by atoms with Gasteiger partial charge in [-0.25, -0.2) is 33.8 Å². The molecular formula is C85H88Cl2N12O17P2. The minimum atomic E-state index is -5.21. The van der Waals surface area contributed by atoms with Gasteiger partial charge in [-0.1, -0.05) is 132 Å². The van der Waals surface area contributed by atoms with Crippen molar-refractivity contribution in [3.8, 4) is 23.3 Å². The summed E-state index contributed by atoms with van der Waals surface area (Å²) in [5, 5.41) is 15.8. The Morgan fingerprint density at radius 1 is 0.703 bits per heavy atom. The van der Waals surface area contributed by atoms with Gasteiger partial charge in [0.1, 0.15) is 72.0 Å². The number of aromatic nitrogens is 8. The van der Waals surface area contributed by atoms with Crippen molar-refractivity contribution in [2.24, 2.45) is 5.92 Å². The number of methoxy groups -OCH3 is 2. The molecule has 0 saturated carbocycles. The predicted octanol–water partition coefficient (Wildman–Crippen LogP) is 15.5. The Labute approximate surface area is 691 Å². The van der Waals surface area contributed by atoms with Crippen LogP contribution in [-0.2, 0) is 47.2 Å². The van der Waals surface area contributed by atoms with Crippen molar-refractivity contribution in [2.75, 3.05) is 44.7 Å². The van der Waals surface area contributed by atoms with Crippen molar-refractivity contribution in [3.05, 3.63) is 286 Å². The van der Waals surface area contributed by atoms with Crippen LogP contribution >= 0.6 is 39.6 Å². The zero-order chi connectivity index (χ0) is 82.9. The van der Waals surface area contributed by atoms with E-state index < -0.39 is 112 Å². The lowest BCUT2D eigenvalue weighted by Gasteiger charge is -2.38. The standard InChI is InChI=1S/C85H88Cl2N12O17P2/c1-51(2)99(52(3)4)117(109-42-20-40-88)114-67-44-74(98-50-91-76-78(89-49-90-79(76)98)94-82(102)56-23-14-10-15-24-56)112-70(67)48-110-118(105,115-66-28-19-18-27-65(66)87)116-68-45-73(97-46-53(5)80(100)95-84(97)104)113-77(68)75-54(6)64(86)38-37-62(75)63-43-72(96-41-39-71(93-83(96)103)92-81(101)55-21-12-9-13-22-55)111-69(63)47-108-85(57-25-16-11-17-26-57,58-29-33-60(106-7)34-30-58)59-31-35-61(107-8)36-32-59/h9-19,21-36,39,41,46,49-52,63,67-70,72-74,77H,20,37-38,42-45,47-48H2,1-8H3,(H,95,100,104)(H,89,90,94,102)(H,92,93,101,103)/t63-,67?,68-,69-,70+,72+,73+,74?,77-,117?,118?/m0/s1. The number of carbonyl (C=O) groups is 2. The van der Waals surface area contributed by atoms with E-state index in [1.165, 1.54) is 59.3 Å². The lowest BCUT2D eigenvalue weighted by molar-refractivity contribution is -0.0829. The first-order valence-electron chi connectivity index (χ1n) is 38.5. The molecule has 11 atom stereocenters. The fraction of sp³-hybridized carbons (Fsp3) is 0.341. The van der Waals surface area contributed by atoms with Crippen LogP contribution in [0.3, 0.4) is 0 Å². The predicted molar refractivity (Wildman–Crippen MR) is 441 cm³/mol. The minimum absolute atomic E-state index is 0.000408. The van der Waals surface area contributed by atoms with Crippen LogP contribution in [0, 0.1) is 24.2 Å². The molecule has 3 fully saturated rings. The maximum atomic E-state index is 16.8. The number of anilines is 2. The summed E-state index contributed by atoms with van der Waals surface area (Å²) >= 11 is 14.4. The van der Waals surface area contributed by atoms with Crippen molar-refractivity contribution >= 4 is 74.2 Å². The first kappa shape index (κ1) is 84.1. The highest BCUT2D eigenvalue weighted by molar-refractivity contribution is 7.49. The Kier molecular flexibility index (Phi) is 26.6.